The Balaban J connectivity index is 1.60. The van der Waals surface area contributed by atoms with Gasteiger partial charge in [0.05, 0.1) is 0 Å². The summed E-state index contributed by atoms with van der Waals surface area (Å²) in [7, 11) is 0. The van der Waals surface area contributed by atoms with E-state index in [1.54, 1.807) is 0 Å². The van der Waals surface area contributed by atoms with Crippen LogP contribution in [0, 0.1) is 11.8 Å². The maximum atomic E-state index is 12.0. The van der Waals surface area contributed by atoms with Crippen LogP contribution >= 0.6 is 0 Å². The number of nitrogens with one attached hydrogen (secondary N) is 1. The Bertz CT molecular complexity index is 444. The molecule has 0 radical (unpaired) electrons. The first-order chi connectivity index (χ1) is 9.24. The average Bonchev–Trinajstić information content (AvgIpc) is 3.14. The maximum absolute atomic E-state index is 12.0. The van der Waals surface area contributed by atoms with Gasteiger partial charge in [-0.25, -0.2) is 0 Å². The molecule has 102 valence electrons. The Morgan fingerprint density at radius 3 is 2.42 bits per heavy atom. The summed E-state index contributed by atoms with van der Waals surface area (Å²) in [6, 6.07) is 8.27. The van der Waals surface area contributed by atoms with Crippen LogP contribution in [-0.2, 0) is 4.79 Å². The number of carbonyl (C=O) groups is 1. The quantitative estimate of drug-likeness (QED) is 0.899. The van der Waals surface area contributed by atoms with Crippen molar-refractivity contribution in [1.29, 1.82) is 0 Å². The van der Waals surface area contributed by atoms with Gasteiger partial charge in [0, 0.05) is 30.4 Å². The lowest BCUT2D eigenvalue weighted by Crippen LogP contribution is -2.22. The van der Waals surface area contributed by atoms with Crippen molar-refractivity contribution in [3.8, 4) is 0 Å². The van der Waals surface area contributed by atoms with Crippen molar-refractivity contribution in [1.82, 2.24) is 0 Å². The molecule has 0 spiro atoms. The minimum absolute atomic E-state index is 0.151. The van der Waals surface area contributed by atoms with E-state index in [-0.39, 0.29) is 11.8 Å². The van der Waals surface area contributed by atoms with Gasteiger partial charge in [-0.15, -0.1) is 0 Å². The Labute approximate surface area is 115 Å². The largest absolute Gasteiger partial charge is 0.372 e. The monoisotopic (exact) mass is 258 g/mol. The van der Waals surface area contributed by atoms with Crippen molar-refractivity contribution < 1.29 is 4.79 Å². The highest BCUT2D eigenvalue weighted by atomic mass is 16.1. The van der Waals surface area contributed by atoms with Crippen molar-refractivity contribution in [3.63, 3.8) is 0 Å². The van der Waals surface area contributed by atoms with E-state index in [0.717, 1.165) is 18.8 Å². The molecule has 2 fully saturated rings. The van der Waals surface area contributed by atoms with E-state index in [4.69, 9.17) is 0 Å². The second-order valence-corrected chi connectivity index (χ2v) is 5.86. The molecule has 1 N–H and O–H groups in total. The lowest BCUT2D eigenvalue weighted by atomic mass is 10.1. The van der Waals surface area contributed by atoms with Crippen molar-refractivity contribution in [2.45, 2.75) is 32.6 Å². The Morgan fingerprint density at radius 1 is 1.21 bits per heavy atom. The normalized spacial score (nSPS) is 20.4. The molecule has 1 amide bonds. The first-order valence-corrected chi connectivity index (χ1v) is 7.40. The molecule has 2 aliphatic rings. The Hall–Kier alpha value is -1.51. The van der Waals surface area contributed by atoms with Gasteiger partial charge in [0.15, 0.2) is 0 Å². The molecule has 1 aromatic carbocycles. The second kappa shape index (κ2) is 5.24. The van der Waals surface area contributed by atoms with Crippen molar-refractivity contribution in [2.75, 3.05) is 23.3 Å². The molecule has 1 saturated heterocycles. The van der Waals surface area contributed by atoms with Crippen LogP contribution in [0.4, 0.5) is 11.4 Å². The summed E-state index contributed by atoms with van der Waals surface area (Å²) in [6.45, 7) is 4.35. The first kappa shape index (κ1) is 12.5. The summed E-state index contributed by atoms with van der Waals surface area (Å²) in [5, 5.41) is 3.02. The third-order valence-electron chi connectivity index (χ3n) is 4.35. The Morgan fingerprint density at radius 2 is 1.84 bits per heavy atom. The number of rotatable bonds is 4. The topological polar surface area (TPSA) is 32.3 Å². The standard InChI is InChI=1S/C16H22N2O/c1-12(13-4-5-13)16(19)17-14-6-8-15(9-7-14)18-10-2-3-11-18/h6-9,12-13H,2-5,10-11H2,1H3,(H,17,19). The maximum Gasteiger partial charge on any atom is 0.227 e. The number of nitrogens with zero attached hydrogens (tertiary/aromatic N) is 1. The Kier molecular flexibility index (Phi) is 3.45. The lowest BCUT2D eigenvalue weighted by molar-refractivity contribution is -0.119. The second-order valence-electron chi connectivity index (χ2n) is 5.86. The van der Waals surface area contributed by atoms with Gasteiger partial charge >= 0.3 is 0 Å². The van der Waals surface area contributed by atoms with Gasteiger partial charge in [-0.2, -0.15) is 0 Å². The molecule has 3 heteroatoms. The molecular weight excluding hydrogens is 236 g/mol. The predicted octanol–water partition coefficient (Wildman–Crippen LogP) is 3.27. The summed E-state index contributed by atoms with van der Waals surface area (Å²) in [4.78, 5) is 14.4. The molecule has 19 heavy (non-hydrogen) atoms. The fraction of sp³-hybridized carbons (Fsp3) is 0.562. The van der Waals surface area contributed by atoms with E-state index in [1.807, 2.05) is 19.1 Å². The lowest BCUT2D eigenvalue weighted by Gasteiger charge is -2.18. The third kappa shape index (κ3) is 2.91. The molecule has 3 rings (SSSR count). The summed E-state index contributed by atoms with van der Waals surface area (Å²) in [5.74, 6) is 0.929. The van der Waals surface area contributed by atoms with Gasteiger partial charge in [0.25, 0.3) is 0 Å². The van der Waals surface area contributed by atoms with E-state index >= 15 is 0 Å². The fourth-order valence-electron chi connectivity index (χ4n) is 2.80. The fourth-order valence-corrected chi connectivity index (χ4v) is 2.80. The SMILES string of the molecule is CC(C(=O)Nc1ccc(N2CCCC2)cc1)C1CC1. The van der Waals surface area contributed by atoms with Crippen LogP contribution in [0.3, 0.4) is 0 Å². The molecular formula is C16H22N2O. The van der Waals surface area contributed by atoms with Gasteiger partial charge in [-0.1, -0.05) is 6.92 Å². The average molecular weight is 258 g/mol. The van der Waals surface area contributed by atoms with Crippen LogP contribution in [0.15, 0.2) is 24.3 Å². The molecule has 1 aromatic rings. The summed E-state index contributed by atoms with van der Waals surface area (Å²) in [5.41, 5.74) is 2.19. The number of benzene rings is 1. The van der Waals surface area contributed by atoms with E-state index in [2.05, 4.69) is 22.3 Å². The molecule has 1 aliphatic heterocycles. The summed E-state index contributed by atoms with van der Waals surface area (Å²) >= 11 is 0. The molecule has 0 aromatic heterocycles. The highest BCUT2D eigenvalue weighted by Gasteiger charge is 2.32. The molecule has 1 atom stereocenters. The molecule has 0 bridgehead atoms. The number of carbonyl (C=O) groups excluding carboxylic acids is 1. The van der Waals surface area contributed by atoms with Crippen LogP contribution in [-0.4, -0.2) is 19.0 Å². The zero-order valence-electron chi connectivity index (χ0n) is 11.6. The van der Waals surface area contributed by atoms with Crippen LogP contribution < -0.4 is 10.2 Å². The van der Waals surface area contributed by atoms with Crippen LogP contribution in [0.1, 0.15) is 32.6 Å². The summed E-state index contributed by atoms with van der Waals surface area (Å²) in [6.07, 6.45) is 5.00. The van der Waals surface area contributed by atoms with Crippen LogP contribution in [0.25, 0.3) is 0 Å². The van der Waals surface area contributed by atoms with Gasteiger partial charge in [-0.05, 0) is 55.9 Å². The zero-order chi connectivity index (χ0) is 13.2. The number of amides is 1. The number of hydrogen-bond donors (Lipinski definition) is 1. The minimum Gasteiger partial charge on any atom is -0.372 e. The highest BCUT2D eigenvalue weighted by molar-refractivity contribution is 5.92. The van der Waals surface area contributed by atoms with Gasteiger partial charge in [0.1, 0.15) is 0 Å². The minimum atomic E-state index is 0.151. The van der Waals surface area contributed by atoms with Crippen LogP contribution in [0.2, 0.25) is 0 Å². The molecule has 3 nitrogen and oxygen atoms in total. The zero-order valence-corrected chi connectivity index (χ0v) is 11.6. The summed E-state index contributed by atoms with van der Waals surface area (Å²) < 4.78 is 0. The predicted molar refractivity (Wildman–Crippen MR) is 78.4 cm³/mol. The molecule has 1 heterocycles. The van der Waals surface area contributed by atoms with Crippen molar-refractivity contribution in [2.24, 2.45) is 11.8 Å². The first-order valence-electron chi connectivity index (χ1n) is 7.40. The van der Waals surface area contributed by atoms with Gasteiger partial charge in [-0.3, -0.25) is 4.79 Å². The van der Waals surface area contributed by atoms with Crippen molar-refractivity contribution in [3.05, 3.63) is 24.3 Å². The van der Waals surface area contributed by atoms with E-state index in [1.165, 1.54) is 31.4 Å². The van der Waals surface area contributed by atoms with E-state index < -0.39 is 0 Å². The number of hydrogen-bond acceptors (Lipinski definition) is 2. The van der Waals surface area contributed by atoms with E-state index in [9.17, 15) is 4.79 Å². The van der Waals surface area contributed by atoms with E-state index in [0.29, 0.717) is 5.92 Å². The van der Waals surface area contributed by atoms with Gasteiger partial charge < -0.3 is 10.2 Å². The van der Waals surface area contributed by atoms with Crippen LogP contribution in [0.5, 0.6) is 0 Å². The third-order valence-corrected chi connectivity index (χ3v) is 4.35. The smallest absolute Gasteiger partial charge is 0.227 e. The number of anilines is 2. The van der Waals surface area contributed by atoms with Gasteiger partial charge in [0.2, 0.25) is 5.91 Å². The molecule has 1 saturated carbocycles. The van der Waals surface area contributed by atoms with Crippen molar-refractivity contribution >= 4 is 17.3 Å². The molecule has 1 aliphatic carbocycles. The molecule has 1 unspecified atom stereocenters. The highest BCUT2D eigenvalue weighted by Crippen LogP contribution is 2.37.